The maximum absolute atomic E-state index is 12.8. The van der Waals surface area contributed by atoms with Gasteiger partial charge in [-0.2, -0.15) is 0 Å². The molecule has 0 amide bonds. The fourth-order valence-corrected chi connectivity index (χ4v) is 8.01. The van der Waals surface area contributed by atoms with Crippen LogP contribution in [0.3, 0.4) is 0 Å². The third-order valence-corrected chi connectivity index (χ3v) is 12.0. The Morgan fingerprint density at radius 3 is 1.63 bits per heavy atom. The van der Waals surface area contributed by atoms with Crippen molar-refractivity contribution >= 4 is 19.8 Å². The predicted octanol–water partition coefficient (Wildman–Crippen LogP) is 5.75. The first-order chi connectivity index (χ1) is 29.6. The molecule has 1 fully saturated rings. The average Bonchev–Trinajstić information content (AvgIpc) is 3.24. The molecule has 364 valence electrons. The van der Waals surface area contributed by atoms with Crippen molar-refractivity contribution < 1.29 is 78.4 Å². The van der Waals surface area contributed by atoms with Gasteiger partial charge in [0.2, 0.25) is 0 Å². The summed E-state index contributed by atoms with van der Waals surface area (Å²) in [5.74, 6) is -1.24. The molecule has 9 atom stereocenters. The van der Waals surface area contributed by atoms with Crippen molar-refractivity contribution in [2.45, 2.75) is 235 Å². The molecular weight excluding hydrogens is 827 g/mol. The number of phosphoric ester groups is 1. The lowest BCUT2D eigenvalue weighted by atomic mass is 9.85. The second-order valence-electron chi connectivity index (χ2n) is 16.7. The molecule has 0 saturated heterocycles. The van der Waals surface area contributed by atoms with E-state index in [1.807, 2.05) is 0 Å². The zero-order valence-electron chi connectivity index (χ0n) is 37.5. The van der Waals surface area contributed by atoms with Gasteiger partial charge in [0, 0.05) is 12.8 Å². The molecule has 0 bridgehead atoms. The highest BCUT2D eigenvalue weighted by molar-refractivity contribution is 7.47. The number of aliphatic hydroxyl groups excluding tert-OH is 8. The monoisotopic (exact) mass is 911 g/mol. The zero-order chi connectivity index (χ0) is 46.2. The summed E-state index contributed by atoms with van der Waals surface area (Å²) in [6, 6.07) is 0. The molecule has 1 saturated carbocycles. The highest BCUT2D eigenvalue weighted by Gasteiger charge is 2.51. The summed E-state index contributed by atoms with van der Waals surface area (Å²) in [5, 5.41) is 80.4. The molecule has 0 aromatic rings. The molecule has 1 rings (SSSR count). The first kappa shape index (κ1) is 58.2. The molecule has 1 aliphatic rings. The van der Waals surface area contributed by atoms with Gasteiger partial charge in [-0.25, -0.2) is 4.57 Å². The van der Waals surface area contributed by atoms with E-state index in [0.29, 0.717) is 38.5 Å². The fourth-order valence-electron chi connectivity index (χ4n) is 7.04. The molecule has 0 aliphatic heterocycles. The van der Waals surface area contributed by atoms with E-state index in [9.17, 15) is 59.9 Å². The maximum Gasteiger partial charge on any atom is 0.472 e. The summed E-state index contributed by atoms with van der Waals surface area (Å²) < 4.78 is 33.4. The zero-order valence-corrected chi connectivity index (χ0v) is 38.4. The van der Waals surface area contributed by atoms with E-state index in [0.717, 1.165) is 70.6 Å². The number of rotatable bonds is 38. The van der Waals surface area contributed by atoms with Crippen molar-refractivity contribution in [3.63, 3.8) is 0 Å². The van der Waals surface area contributed by atoms with Gasteiger partial charge >= 0.3 is 19.8 Å². The molecule has 62 heavy (non-hydrogen) atoms. The highest BCUT2D eigenvalue weighted by Crippen LogP contribution is 2.47. The van der Waals surface area contributed by atoms with Gasteiger partial charge in [-0.15, -0.1) is 0 Å². The Morgan fingerprint density at radius 1 is 0.581 bits per heavy atom. The van der Waals surface area contributed by atoms with Crippen LogP contribution in [0.25, 0.3) is 0 Å². The lowest BCUT2D eigenvalue weighted by molar-refractivity contribution is -0.220. The molecule has 17 heteroatoms. The fraction of sp³-hybridized carbons (Fsp3) is 0.867. The van der Waals surface area contributed by atoms with Crippen LogP contribution in [0.15, 0.2) is 24.3 Å². The SMILES string of the molecule is CCCCCCCC/C=C\CCCCCCCC(=O)OCC(COP(=O)(O)OC1C(O)C(O)C(O)C(O)C1O)OC(=O)CCCCCCCC(O)/C=C/C(O)C(O)CCCCC. The molecule has 16 nitrogen and oxygen atoms in total. The summed E-state index contributed by atoms with van der Waals surface area (Å²) in [4.78, 5) is 35.7. The van der Waals surface area contributed by atoms with E-state index < -0.39 is 94.0 Å². The third-order valence-electron chi connectivity index (χ3n) is 11.0. The van der Waals surface area contributed by atoms with Gasteiger partial charge in [-0.3, -0.25) is 18.6 Å². The largest absolute Gasteiger partial charge is 0.472 e. The predicted molar refractivity (Wildman–Crippen MR) is 235 cm³/mol. The number of unbranched alkanes of at least 4 members (excludes halogenated alkanes) is 17. The Kier molecular flexibility index (Phi) is 33.3. The molecule has 0 radical (unpaired) electrons. The van der Waals surface area contributed by atoms with Crippen LogP contribution in [0.1, 0.15) is 174 Å². The summed E-state index contributed by atoms with van der Waals surface area (Å²) in [7, 11) is -5.17. The molecule has 0 aromatic heterocycles. The van der Waals surface area contributed by atoms with Crippen LogP contribution in [-0.2, 0) is 32.7 Å². The van der Waals surface area contributed by atoms with Crippen LogP contribution in [-0.4, -0.2) is 132 Å². The normalized spacial score (nSPS) is 23.6. The smallest absolute Gasteiger partial charge is 0.462 e. The van der Waals surface area contributed by atoms with Crippen molar-refractivity contribution in [2.24, 2.45) is 0 Å². The lowest BCUT2D eigenvalue weighted by Gasteiger charge is -2.41. The maximum atomic E-state index is 12.8. The number of carbonyl (C=O) groups excluding carboxylic acids is 2. The van der Waals surface area contributed by atoms with Crippen LogP contribution in [0.4, 0.5) is 0 Å². The van der Waals surface area contributed by atoms with Gasteiger partial charge in [0.15, 0.2) is 6.10 Å². The van der Waals surface area contributed by atoms with Gasteiger partial charge in [-0.1, -0.05) is 134 Å². The van der Waals surface area contributed by atoms with Crippen molar-refractivity contribution in [3.8, 4) is 0 Å². The van der Waals surface area contributed by atoms with Gasteiger partial charge in [0.25, 0.3) is 0 Å². The number of allylic oxidation sites excluding steroid dienone is 2. The summed E-state index contributed by atoms with van der Waals surface area (Å²) in [5.41, 5.74) is 0. The summed E-state index contributed by atoms with van der Waals surface area (Å²) in [6.45, 7) is 2.98. The van der Waals surface area contributed by atoms with Crippen molar-refractivity contribution in [1.29, 1.82) is 0 Å². The van der Waals surface area contributed by atoms with Crippen LogP contribution in [0.2, 0.25) is 0 Å². The molecule has 0 heterocycles. The van der Waals surface area contributed by atoms with Crippen molar-refractivity contribution in [3.05, 3.63) is 24.3 Å². The second-order valence-corrected chi connectivity index (χ2v) is 18.1. The Hall–Kier alpha value is -1.79. The Bertz CT molecular complexity index is 1240. The minimum atomic E-state index is -5.17. The van der Waals surface area contributed by atoms with Crippen LogP contribution in [0.5, 0.6) is 0 Å². The van der Waals surface area contributed by atoms with E-state index in [4.69, 9.17) is 18.5 Å². The third kappa shape index (κ3) is 27.5. The Balaban J connectivity index is 2.53. The molecular formula is C45H83O16P. The van der Waals surface area contributed by atoms with Gasteiger partial charge in [0.05, 0.1) is 24.9 Å². The summed E-state index contributed by atoms with van der Waals surface area (Å²) in [6.07, 6.45) is 12.9. The van der Waals surface area contributed by atoms with Crippen LogP contribution in [0, 0.1) is 0 Å². The first-order valence-corrected chi connectivity index (χ1v) is 24.9. The minimum Gasteiger partial charge on any atom is -0.462 e. The van der Waals surface area contributed by atoms with Crippen LogP contribution >= 0.6 is 7.82 Å². The highest BCUT2D eigenvalue weighted by atomic mass is 31.2. The van der Waals surface area contributed by atoms with E-state index in [-0.39, 0.29) is 12.8 Å². The Morgan fingerprint density at radius 2 is 1.05 bits per heavy atom. The van der Waals surface area contributed by atoms with Gasteiger partial charge in [-0.05, 0) is 51.4 Å². The number of phosphoric acid groups is 1. The van der Waals surface area contributed by atoms with Crippen molar-refractivity contribution in [1.82, 2.24) is 0 Å². The molecule has 0 aromatic carbocycles. The van der Waals surface area contributed by atoms with E-state index in [1.54, 1.807) is 0 Å². The minimum absolute atomic E-state index is 0.0188. The van der Waals surface area contributed by atoms with Gasteiger partial charge in [0.1, 0.15) is 43.2 Å². The number of aliphatic hydroxyl groups is 8. The quantitative estimate of drug-likeness (QED) is 0.0154. The molecule has 0 spiro atoms. The van der Waals surface area contributed by atoms with E-state index >= 15 is 0 Å². The van der Waals surface area contributed by atoms with E-state index in [2.05, 4.69) is 26.0 Å². The second kappa shape index (κ2) is 35.5. The van der Waals surface area contributed by atoms with E-state index in [1.165, 1.54) is 50.7 Å². The first-order valence-electron chi connectivity index (χ1n) is 23.4. The standard InChI is InChI=1S/C45H83O16P/c1-3-5-7-8-9-10-11-12-13-14-15-16-17-20-24-28-38(49)58-32-35(33-59-62(56,57)61-45-43(54)41(52)40(51)42(53)44(45)55)60-39(50)29-25-21-18-19-23-26-34(46)30-31-37(48)36(47)27-22-6-4-2/h12-13,30-31,34-37,40-48,51-55H,3-11,14-29,32-33H2,1-2H3,(H,56,57)/b13-12-,31-30+. The number of hydrogen-bond donors (Lipinski definition) is 9. The Labute approximate surface area is 370 Å². The number of esters is 2. The van der Waals surface area contributed by atoms with Crippen LogP contribution < -0.4 is 0 Å². The number of ether oxygens (including phenoxy) is 2. The number of carbonyl (C=O) groups is 2. The molecule has 9 unspecified atom stereocenters. The summed E-state index contributed by atoms with van der Waals surface area (Å²) >= 11 is 0. The average molecular weight is 911 g/mol. The lowest BCUT2D eigenvalue weighted by Crippen LogP contribution is -2.64. The molecule has 1 aliphatic carbocycles. The number of hydrogen-bond acceptors (Lipinski definition) is 15. The topological polar surface area (TPSA) is 270 Å². The van der Waals surface area contributed by atoms with Gasteiger partial charge < -0.3 is 55.2 Å². The molecule has 9 N–H and O–H groups in total. The van der Waals surface area contributed by atoms with Crippen molar-refractivity contribution in [2.75, 3.05) is 13.2 Å².